The molecule has 21 heavy (non-hydrogen) atoms. The molecule has 0 unspecified atom stereocenters. The summed E-state index contributed by atoms with van der Waals surface area (Å²) in [5.41, 5.74) is 10.8. The average molecular weight is 284 g/mol. The number of fused-ring (bicyclic) bond motifs is 1. The van der Waals surface area contributed by atoms with E-state index in [-0.39, 0.29) is 5.82 Å². The number of hydrogen-bond donors (Lipinski definition) is 1. The molecule has 0 atom stereocenters. The first-order valence-corrected chi connectivity index (χ1v) is 6.79. The van der Waals surface area contributed by atoms with E-state index in [1.165, 1.54) is 0 Å². The second kappa shape index (κ2) is 4.84. The Bertz CT molecular complexity index is 813. The lowest BCUT2D eigenvalue weighted by atomic mass is 10.1. The highest BCUT2D eigenvalue weighted by Gasteiger charge is 2.11. The Labute approximate surface area is 122 Å². The molecule has 0 radical (unpaired) electrons. The van der Waals surface area contributed by atoms with Crippen LogP contribution in [-0.2, 0) is 6.54 Å². The number of halogens is 1. The third-order valence-electron chi connectivity index (χ3n) is 3.59. The van der Waals surface area contributed by atoms with E-state index in [0.29, 0.717) is 23.6 Å². The number of pyridine rings is 1. The largest absolute Gasteiger partial charge is 0.369 e. The fourth-order valence-corrected chi connectivity index (χ4v) is 2.59. The molecule has 0 amide bonds. The number of anilines is 1. The quantitative estimate of drug-likeness (QED) is 0.786. The molecular weight excluding hydrogens is 267 g/mol. The van der Waals surface area contributed by atoms with Gasteiger partial charge in [-0.05, 0) is 49.1 Å². The second-order valence-corrected chi connectivity index (χ2v) is 5.46. The smallest absolute Gasteiger partial charge is 0.202 e. The van der Waals surface area contributed by atoms with Crippen LogP contribution in [0.2, 0.25) is 0 Å². The van der Waals surface area contributed by atoms with Crippen molar-refractivity contribution in [1.29, 1.82) is 0 Å². The van der Waals surface area contributed by atoms with Crippen LogP contribution in [-0.4, -0.2) is 14.5 Å². The molecule has 0 aliphatic heterocycles. The van der Waals surface area contributed by atoms with Gasteiger partial charge in [0.05, 0.1) is 6.54 Å². The maximum absolute atomic E-state index is 13.7. The number of imidazole rings is 1. The van der Waals surface area contributed by atoms with E-state index >= 15 is 0 Å². The number of nitrogens with zero attached hydrogens (tertiary/aromatic N) is 3. The predicted molar refractivity (Wildman–Crippen MR) is 81.7 cm³/mol. The third-order valence-corrected chi connectivity index (χ3v) is 3.59. The number of hydrogen-bond acceptors (Lipinski definition) is 3. The maximum atomic E-state index is 13.7. The highest BCUT2D eigenvalue weighted by molar-refractivity contribution is 5.74. The molecular formula is C16H17FN4. The van der Waals surface area contributed by atoms with Crippen LogP contribution in [0.5, 0.6) is 0 Å². The van der Waals surface area contributed by atoms with E-state index in [1.54, 1.807) is 20.0 Å². The van der Waals surface area contributed by atoms with Gasteiger partial charge in [-0.1, -0.05) is 12.1 Å². The number of benzene rings is 1. The van der Waals surface area contributed by atoms with Crippen molar-refractivity contribution in [2.45, 2.75) is 27.3 Å². The molecule has 0 aliphatic carbocycles. The number of rotatable bonds is 2. The number of aryl methyl sites for hydroxylation is 3. The van der Waals surface area contributed by atoms with Gasteiger partial charge in [0.25, 0.3) is 0 Å². The summed E-state index contributed by atoms with van der Waals surface area (Å²) >= 11 is 0. The minimum Gasteiger partial charge on any atom is -0.369 e. The van der Waals surface area contributed by atoms with Crippen molar-refractivity contribution >= 4 is 17.1 Å². The van der Waals surface area contributed by atoms with Gasteiger partial charge >= 0.3 is 0 Å². The molecule has 5 heteroatoms. The Morgan fingerprint density at radius 2 is 1.81 bits per heavy atom. The highest BCUT2D eigenvalue weighted by Crippen LogP contribution is 2.21. The van der Waals surface area contributed by atoms with Gasteiger partial charge in [-0.25, -0.2) is 14.4 Å². The first-order chi connectivity index (χ1) is 9.95. The van der Waals surface area contributed by atoms with Gasteiger partial charge in [-0.15, -0.1) is 0 Å². The summed E-state index contributed by atoms with van der Waals surface area (Å²) in [6.45, 7) is 6.03. The zero-order valence-electron chi connectivity index (χ0n) is 12.3. The molecule has 0 saturated carbocycles. The van der Waals surface area contributed by atoms with E-state index in [4.69, 9.17) is 5.73 Å². The second-order valence-electron chi connectivity index (χ2n) is 5.46. The predicted octanol–water partition coefficient (Wildman–Crippen LogP) is 3.13. The maximum Gasteiger partial charge on any atom is 0.202 e. The van der Waals surface area contributed by atoms with Crippen LogP contribution in [0.15, 0.2) is 24.4 Å². The summed E-state index contributed by atoms with van der Waals surface area (Å²) in [6, 6.07) is 5.62. The summed E-state index contributed by atoms with van der Waals surface area (Å²) in [4.78, 5) is 8.74. The van der Waals surface area contributed by atoms with Crippen molar-refractivity contribution in [3.05, 3.63) is 52.5 Å². The molecule has 2 heterocycles. The molecule has 3 rings (SSSR count). The summed E-state index contributed by atoms with van der Waals surface area (Å²) in [6.07, 6.45) is 1.79. The molecule has 0 spiro atoms. The Hall–Kier alpha value is -2.43. The topological polar surface area (TPSA) is 56.7 Å². The van der Waals surface area contributed by atoms with Gasteiger partial charge in [0.15, 0.2) is 5.65 Å². The highest BCUT2D eigenvalue weighted by atomic mass is 19.1. The molecule has 4 nitrogen and oxygen atoms in total. The monoisotopic (exact) mass is 284 g/mol. The van der Waals surface area contributed by atoms with Gasteiger partial charge < -0.3 is 5.73 Å². The fourth-order valence-electron chi connectivity index (χ4n) is 2.59. The summed E-state index contributed by atoms with van der Waals surface area (Å²) < 4.78 is 15.6. The van der Waals surface area contributed by atoms with E-state index in [9.17, 15) is 4.39 Å². The fraction of sp³-hybridized carbons (Fsp3) is 0.250. The molecule has 0 saturated heterocycles. The van der Waals surface area contributed by atoms with Crippen LogP contribution in [0.1, 0.15) is 22.3 Å². The van der Waals surface area contributed by atoms with Crippen LogP contribution in [0.4, 0.5) is 10.3 Å². The molecule has 1 aromatic carbocycles. The summed E-state index contributed by atoms with van der Waals surface area (Å²) in [5, 5.41) is 0. The van der Waals surface area contributed by atoms with Crippen LogP contribution in [0.25, 0.3) is 11.2 Å². The minimum absolute atomic E-state index is 0.157. The van der Waals surface area contributed by atoms with E-state index in [2.05, 4.69) is 9.97 Å². The number of aromatic nitrogens is 3. The summed E-state index contributed by atoms with van der Waals surface area (Å²) in [7, 11) is 0. The molecule has 2 N–H and O–H groups in total. The van der Waals surface area contributed by atoms with E-state index in [0.717, 1.165) is 22.3 Å². The van der Waals surface area contributed by atoms with Gasteiger partial charge in [0.2, 0.25) is 5.95 Å². The van der Waals surface area contributed by atoms with Crippen molar-refractivity contribution in [3.8, 4) is 0 Å². The minimum atomic E-state index is -0.157. The normalized spacial score (nSPS) is 11.2. The average Bonchev–Trinajstić information content (AvgIpc) is 2.71. The zero-order chi connectivity index (χ0) is 15.1. The zero-order valence-corrected chi connectivity index (χ0v) is 12.3. The van der Waals surface area contributed by atoms with Crippen molar-refractivity contribution in [2.75, 3.05) is 5.73 Å². The van der Waals surface area contributed by atoms with Crippen molar-refractivity contribution in [2.24, 2.45) is 0 Å². The van der Waals surface area contributed by atoms with Crippen molar-refractivity contribution < 1.29 is 4.39 Å². The van der Waals surface area contributed by atoms with Crippen LogP contribution >= 0.6 is 0 Å². The molecule has 0 aliphatic rings. The molecule has 108 valence electrons. The Morgan fingerprint density at radius 1 is 1.14 bits per heavy atom. The van der Waals surface area contributed by atoms with Gasteiger partial charge in [-0.2, -0.15) is 0 Å². The number of nitrogens with two attached hydrogens (primary N) is 1. The SMILES string of the molecule is Cc1cnc2c(c1)nc(N)n2Cc1cc(C)c(F)c(C)c1. The first-order valence-electron chi connectivity index (χ1n) is 6.79. The van der Waals surface area contributed by atoms with Crippen LogP contribution < -0.4 is 5.73 Å². The Balaban J connectivity index is 2.08. The molecule has 0 fully saturated rings. The third kappa shape index (κ3) is 2.35. The standard InChI is InChI=1S/C16H17FN4/c1-9-4-13-15(19-7-9)21(16(18)20-13)8-12-5-10(2)14(17)11(3)6-12/h4-7H,8H2,1-3H3,(H2,18,20). The molecule has 2 aromatic heterocycles. The Morgan fingerprint density at radius 3 is 2.48 bits per heavy atom. The van der Waals surface area contributed by atoms with Gasteiger partial charge in [-0.3, -0.25) is 4.57 Å². The number of nitrogen functional groups attached to an aromatic ring is 1. The van der Waals surface area contributed by atoms with Gasteiger partial charge in [0.1, 0.15) is 11.3 Å². The van der Waals surface area contributed by atoms with Crippen molar-refractivity contribution in [1.82, 2.24) is 14.5 Å². The lowest BCUT2D eigenvalue weighted by Crippen LogP contribution is -2.06. The van der Waals surface area contributed by atoms with E-state index in [1.807, 2.05) is 29.7 Å². The van der Waals surface area contributed by atoms with Crippen molar-refractivity contribution in [3.63, 3.8) is 0 Å². The van der Waals surface area contributed by atoms with Crippen LogP contribution in [0.3, 0.4) is 0 Å². The Kier molecular flexibility index (Phi) is 3.12. The lowest BCUT2D eigenvalue weighted by Gasteiger charge is -2.09. The first kappa shape index (κ1) is 13.5. The molecule has 0 bridgehead atoms. The van der Waals surface area contributed by atoms with E-state index < -0.39 is 0 Å². The van der Waals surface area contributed by atoms with Gasteiger partial charge in [0, 0.05) is 6.20 Å². The summed E-state index contributed by atoms with van der Waals surface area (Å²) in [5.74, 6) is 0.263. The molecule has 3 aromatic rings. The van der Waals surface area contributed by atoms with Crippen LogP contribution in [0, 0.1) is 26.6 Å². The lowest BCUT2D eigenvalue weighted by molar-refractivity contribution is 0.607.